The van der Waals surface area contributed by atoms with E-state index in [9.17, 15) is 0 Å². The van der Waals surface area contributed by atoms with Crippen molar-refractivity contribution in [3.05, 3.63) is 17.0 Å². The Hall–Kier alpha value is -0.830. The quantitative estimate of drug-likeness (QED) is 0.705. The fourth-order valence-corrected chi connectivity index (χ4v) is 2.28. The molecule has 0 amide bonds. The molecule has 0 spiro atoms. The maximum absolute atomic E-state index is 4.61. The summed E-state index contributed by atoms with van der Waals surface area (Å²) in [4.78, 5) is 0. The second kappa shape index (κ2) is 7.49. The molecule has 1 aromatic heterocycles. The molecule has 1 heterocycles. The van der Waals surface area contributed by atoms with E-state index in [-0.39, 0.29) is 0 Å². The molecule has 0 aliphatic carbocycles. The van der Waals surface area contributed by atoms with Crippen LogP contribution < -0.4 is 5.32 Å². The van der Waals surface area contributed by atoms with Crippen molar-refractivity contribution >= 4 is 0 Å². The maximum Gasteiger partial charge on any atom is 0.0628 e. The topological polar surface area (TPSA) is 29.9 Å². The first-order valence-electron chi connectivity index (χ1n) is 6.94. The number of unbranched alkanes of at least 4 members (excludes halogenated alkanes) is 1. The zero-order chi connectivity index (χ0) is 12.7. The van der Waals surface area contributed by atoms with E-state index in [1.807, 2.05) is 0 Å². The van der Waals surface area contributed by atoms with Crippen molar-refractivity contribution in [2.24, 2.45) is 0 Å². The lowest BCUT2D eigenvalue weighted by Crippen LogP contribution is -2.16. The van der Waals surface area contributed by atoms with Crippen molar-refractivity contribution in [2.45, 2.75) is 59.9 Å². The molecule has 0 saturated heterocycles. The first-order valence-corrected chi connectivity index (χ1v) is 6.94. The molecule has 0 fully saturated rings. The Kier molecular flexibility index (Phi) is 6.27. The highest BCUT2D eigenvalue weighted by atomic mass is 15.3. The van der Waals surface area contributed by atoms with Gasteiger partial charge in [0.25, 0.3) is 0 Å². The van der Waals surface area contributed by atoms with Crippen molar-refractivity contribution in [2.75, 3.05) is 13.1 Å². The minimum absolute atomic E-state index is 1.06. The van der Waals surface area contributed by atoms with Crippen LogP contribution in [0.3, 0.4) is 0 Å². The summed E-state index contributed by atoms with van der Waals surface area (Å²) in [7, 11) is 0. The molecule has 0 unspecified atom stereocenters. The maximum atomic E-state index is 4.61. The third-order valence-corrected chi connectivity index (χ3v) is 3.29. The van der Waals surface area contributed by atoms with Crippen LogP contribution >= 0.6 is 0 Å². The number of nitrogens with zero attached hydrogens (tertiary/aromatic N) is 2. The van der Waals surface area contributed by atoms with Gasteiger partial charge in [-0.1, -0.05) is 13.8 Å². The number of rotatable bonds is 8. The lowest BCUT2D eigenvalue weighted by molar-refractivity contribution is 0.524. The van der Waals surface area contributed by atoms with Gasteiger partial charge in [0.2, 0.25) is 0 Å². The average molecular weight is 237 g/mol. The van der Waals surface area contributed by atoms with Crippen LogP contribution in [0.25, 0.3) is 0 Å². The molecule has 3 heteroatoms. The summed E-state index contributed by atoms with van der Waals surface area (Å²) in [6, 6.07) is 0. The lowest BCUT2D eigenvalue weighted by atomic mass is 10.1. The number of hydrogen-bond acceptors (Lipinski definition) is 2. The smallest absolute Gasteiger partial charge is 0.0628 e. The molecule has 0 aliphatic rings. The molecule has 0 aliphatic heterocycles. The van der Waals surface area contributed by atoms with Crippen LogP contribution in [-0.4, -0.2) is 22.9 Å². The van der Waals surface area contributed by atoms with Crippen LogP contribution in [0, 0.1) is 13.8 Å². The summed E-state index contributed by atoms with van der Waals surface area (Å²) in [5.41, 5.74) is 3.98. The Morgan fingerprint density at radius 3 is 2.47 bits per heavy atom. The first kappa shape index (κ1) is 14.2. The van der Waals surface area contributed by atoms with Crippen LogP contribution in [-0.2, 0) is 13.0 Å². The first-order chi connectivity index (χ1) is 8.20. The number of hydrogen-bond donors (Lipinski definition) is 1. The molecule has 17 heavy (non-hydrogen) atoms. The predicted molar refractivity (Wildman–Crippen MR) is 73.5 cm³/mol. The molecule has 1 aromatic rings. The van der Waals surface area contributed by atoms with Gasteiger partial charge in [-0.25, -0.2) is 0 Å². The Morgan fingerprint density at radius 2 is 1.88 bits per heavy atom. The fraction of sp³-hybridized carbons (Fsp3) is 0.786. The largest absolute Gasteiger partial charge is 0.317 e. The monoisotopic (exact) mass is 237 g/mol. The Labute approximate surface area is 106 Å². The SMILES string of the molecule is CCCNCCCCn1nc(C)c(CC)c1C. The molecular formula is C14H27N3. The summed E-state index contributed by atoms with van der Waals surface area (Å²) >= 11 is 0. The summed E-state index contributed by atoms with van der Waals surface area (Å²) in [5.74, 6) is 0. The number of aromatic nitrogens is 2. The Bertz CT molecular complexity index is 328. The summed E-state index contributed by atoms with van der Waals surface area (Å²) in [6.45, 7) is 12.0. The summed E-state index contributed by atoms with van der Waals surface area (Å²) in [6.07, 6.45) is 4.76. The highest BCUT2D eigenvalue weighted by Gasteiger charge is 2.08. The zero-order valence-electron chi connectivity index (χ0n) is 11.8. The van der Waals surface area contributed by atoms with Gasteiger partial charge in [0.1, 0.15) is 0 Å². The Morgan fingerprint density at radius 1 is 1.12 bits per heavy atom. The molecule has 1 rings (SSSR count). The van der Waals surface area contributed by atoms with E-state index in [1.165, 1.54) is 36.2 Å². The summed E-state index contributed by atoms with van der Waals surface area (Å²) in [5, 5.41) is 8.05. The van der Waals surface area contributed by atoms with Gasteiger partial charge in [0.05, 0.1) is 5.69 Å². The number of aryl methyl sites for hydroxylation is 2. The average Bonchev–Trinajstić information content (AvgIpc) is 2.58. The Balaban J connectivity index is 2.32. The molecule has 0 saturated carbocycles. The third-order valence-electron chi connectivity index (χ3n) is 3.29. The van der Waals surface area contributed by atoms with E-state index < -0.39 is 0 Å². The van der Waals surface area contributed by atoms with E-state index >= 15 is 0 Å². The standard InChI is InChI=1S/C14H27N3/c1-5-9-15-10-7-8-11-17-13(4)14(6-2)12(3)16-17/h15H,5-11H2,1-4H3. The van der Waals surface area contributed by atoms with Crippen molar-refractivity contribution in [3.8, 4) is 0 Å². The van der Waals surface area contributed by atoms with Crippen LogP contribution in [0.5, 0.6) is 0 Å². The minimum atomic E-state index is 1.06. The van der Waals surface area contributed by atoms with Crippen molar-refractivity contribution in [1.82, 2.24) is 15.1 Å². The van der Waals surface area contributed by atoms with E-state index in [4.69, 9.17) is 0 Å². The van der Waals surface area contributed by atoms with Crippen molar-refractivity contribution in [1.29, 1.82) is 0 Å². The summed E-state index contributed by atoms with van der Waals surface area (Å²) < 4.78 is 2.17. The van der Waals surface area contributed by atoms with Crippen LogP contribution in [0.15, 0.2) is 0 Å². The van der Waals surface area contributed by atoms with Crippen LogP contribution in [0.4, 0.5) is 0 Å². The van der Waals surface area contributed by atoms with Gasteiger partial charge in [-0.3, -0.25) is 4.68 Å². The van der Waals surface area contributed by atoms with Gasteiger partial charge >= 0.3 is 0 Å². The molecule has 1 N–H and O–H groups in total. The van der Waals surface area contributed by atoms with Crippen molar-refractivity contribution < 1.29 is 0 Å². The van der Waals surface area contributed by atoms with Crippen LogP contribution in [0.1, 0.15) is 50.1 Å². The lowest BCUT2D eigenvalue weighted by Gasteiger charge is -2.06. The molecular weight excluding hydrogens is 210 g/mol. The molecule has 0 bridgehead atoms. The molecule has 0 radical (unpaired) electrons. The molecule has 3 nitrogen and oxygen atoms in total. The van der Waals surface area contributed by atoms with Crippen LogP contribution in [0.2, 0.25) is 0 Å². The van der Waals surface area contributed by atoms with Gasteiger partial charge in [0, 0.05) is 12.2 Å². The van der Waals surface area contributed by atoms with E-state index in [2.05, 4.69) is 42.8 Å². The number of nitrogens with one attached hydrogen (secondary N) is 1. The normalized spacial score (nSPS) is 11.1. The highest BCUT2D eigenvalue weighted by molar-refractivity contribution is 5.24. The molecule has 98 valence electrons. The third kappa shape index (κ3) is 4.15. The van der Waals surface area contributed by atoms with Crippen molar-refractivity contribution in [3.63, 3.8) is 0 Å². The van der Waals surface area contributed by atoms with Gasteiger partial charge in [-0.05, 0) is 58.2 Å². The second-order valence-corrected chi connectivity index (χ2v) is 4.68. The van der Waals surface area contributed by atoms with E-state index in [1.54, 1.807) is 0 Å². The van der Waals surface area contributed by atoms with E-state index in [0.717, 1.165) is 26.1 Å². The van der Waals surface area contributed by atoms with Gasteiger partial charge < -0.3 is 5.32 Å². The van der Waals surface area contributed by atoms with Gasteiger partial charge in [0.15, 0.2) is 0 Å². The van der Waals surface area contributed by atoms with E-state index in [0.29, 0.717) is 0 Å². The van der Waals surface area contributed by atoms with Gasteiger partial charge in [-0.15, -0.1) is 0 Å². The molecule has 0 atom stereocenters. The molecule has 0 aromatic carbocycles. The minimum Gasteiger partial charge on any atom is -0.317 e. The fourth-order valence-electron chi connectivity index (χ4n) is 2.28. The predicted octanol–water partition coefficient (Wildman–Crippen LogP) is 2.84. The van der Waals surface area contributed by atoms with Gasteiger partial charge in [-0.2, -0.15) is 5.10 Å². The second-order valence-electron chi connectivity index (χ2n) is 4.68. The highest BCUT2D eigenvalue weighted by Crippen LogP contribution is 2.13. The zero-order valence-corrected chi connectivity index (χ0v) is 11.8.